The van der Waals surface area contributed by atoms with Crippen molar-refractivity contribution in [3.8, 4) is 11.5 Å². The van der Waals surface area contributed by atoms with Crippen molar-refractivity contribution >= 4 is 35.1 Å². The molecule has 1 aliphatic rings. The van der Waals surface area contributed by atoms with Crippen LogP contribution in [0.3, 0.4) is 0 Å². The van der Waals surface area contributed by atoms with E-state index in [1.54, 1.807) is 43.6 Å². The molecule has 0 amide bonds. The van der Waals surface area contributed by atoms with Gasteiger partial charge in [-0.3, -0.25) is 0 Å². The third kappa shape index (κ3) is 2.69. The lowest BCUT2D eigenvalue weighted by molar-refractivity contribution is 0.414. The van der Waals surface area contributed by atoms with Gasteiger partial charge < -0.3 is 9.47 Å². The van der Waals surface area contributed by atoms with E-state index < -0.39 is 0 Å². The van der Waals surface area contributed by atoms with Crippen molar-refractivity contribution in [1.82, 2.24) is 9.97 Å². The standard InChI is InChI=1S/C14H13ClN4O2S/c1-19-12-11(7-16-14(17-12)22-3)21-13(18-19)9-6-8(20-2)4-5-10(9)15/h4-7H,1-3H3. The van der Waals surface area contributed by atoms with Gasteiger partial charge in [-0.15, -0.1) is 5.10 Å². The van der Waals surface area contributed by atoms with Crippen LogP contribution in [0, 0.1) is 0 Å². The number of hydrazone groups is 1. The van der Waals surface area contributed by atoms with Gasteiger partial charge >= 0.3 is 0 Å². The molecule has 0 bridgehead atoms. The molecule has 1 aromatic carbocycles. The summed E-state index contributed by atoms with van der Waals surface area (Å²) in [5, 5.41) is 7.22. The molecule has 0 aliphatic carbocycles. The predicted octanol–water partition coefficient (Wildman–Crippen LogP) is 3.05. The topological polar surface area (TPSA) is 59.8 Å². The number of anilines is 1. The highest BCUT2D eigenvalue weighted by Gasteiger charge is 2.23. The SMILES string of the molecule is COc1ccc(Cl)c(C2=NN(C)c3nc(SC)ncc3O2)c1. The largest absolute Gasteiger partial charge is 0.497 e. The lowest BCUT2D eigenvalue weighted by atomic mass is 10.2. The van der Waals surface area contributed by atoms with Crippen LogP contribution in [0.15, 0.2) is 34.7 Å². The Kier molecular flexibility index (Phi) is 4.08. The summed E-state index contributed by atoms with van der Waals surface area (Å²) < 4.78 is 11.0. The minimum Gasteiger partial charge on any atom is -0.497 e. The zero-order chi connectivity index (χ0) is 15.7. The number of ether oxygens (including phenoxy) is 2. The van der Waals surface area contributed by atoms with E-state index in [0.717, 1.165) is 0 Å². The average Bonchev–Trinajstić information content (AvgIpc) is 2.55. The zero-order valence-electron chi connectivity index (χ0n) is 12.2. The van der Waals surface area contributed by atoms with E-state index in [9.17, 15) is 0 Å². The van der Waals surface area contributed by atoms with Crippen molar-refractivity contribution in [2.45, 2.75) is 5.16 Å². The normalized spacial score (nSPS) is 13.3. The van der Waals surface area contributed by atoms with Crippen LogP contribution >= 0.6 is 23.4 Å². The number of rotatable bonds is 3. The second-order valence-electron chi connectivity index (χ2n) is 4.42. The smallest absolute Gasteiger partial charge is 0.245 e. The molecule has 1 aromatic heterocycles. The maximum atomic E-state index is 6.24. The van der Waals surface area contributed by atoms with Crippen LogP contribution < -0.4 is 14.5 Å². The van der Waals surface area contributed by atoms with Crippen LogP contribution in [0.1, 0.15) is 5.56 Å². The van der Waals surface area contributed by atoms with Crippen LogP contribution in [0.4, 0.5) is 5.82 Å². The van der Waals surface area contributed by atoms with Gasteiger partial charge in [0.05, 0.1) is 23.9 Å². The van der Waals surface area contributed by atoms with Crippen LogP contribution in [0.5, 0.6) is 11.5 Å². The molecule has 0 spiro atoms. The lowest BCUT2D eigenvalue weighted by Crippen LogP contribution is -2.25. The van der Waals surface area contributed by atoms with Crippen molar-refractivity contribution in [2.75, 3.05) is 25.4 Å². The average molecular weight is 337 g/mol. The first-order valence-corrected chi connectivity index (χ1v) is 7.97. The van der Waals surface area contributed by atoms with Gasteiger partial charge in [-0.25, -0.2) is 9.99 Å². The van der Waals surface area contributed by atoms with Crippen molar-refractivity contribution in [1.29, 1.82) is 0 Å². The number of methoxy groups -OCH3 is 1. The van der Waals surface area contributed by atoms with Gasteiger partial charge in [0.15, 0.2) is 16.7 Å². The third-order valence-electron chi connectivity index (χ3n) is 3.05. The summed E-state index contributed by atoms with van der Waals surface area (Å²) in [4.78, 5) is 8.60. The molecule has 6 nitrogen and oxygen atoms in total. The highest BCUT2D eigenvalue weighted by atomic mass is 35.5. The van der Waals surface area contributed by atoms with E-state index in [1.807, 2.05) is 6.26 Å². The summed E-state index contributed by atoms with van der Waals surface area (Å²) in [5.41, 5.74) is 0.646. The Morgan fingerprint density at radius 2 is 2.18 bits per heavy atom. The van der Waals surface area contributed by atoms with Gasteiger partial charge in [-0.2, -0.15) is 4.98 Å². The molecule has 0 N–H and O–H groups in total. The summed E-state index contributed by atoms with van der Waals surface area (Å²) in [7, 11) is 3.39. The number of hydrogen-bond acceptors (Lipinski definition) is 7. The first-order valence-electron chi connectivity index (χ1n) is 6.37. The predicted molar refractivity (Wildman–Crippen MR) is 87.4 cm³/mol. The van der Waals surface area contributed by atoms with Crippen molar-refractivity contribution < 1.29 is 9.47 Å². The molecule has 8 heteroatoms. The molecule has 0 saturated carbocycles. The van der Waals surface area contributed by atoms with E-state index >= 15 is 0 Å². The van der Waals surface area contributed by atoms with Crippen LogP contribution in [0.2, 0.25) is 5.02 Å². The van der Waals surface area contributed by atoms with E-state index in [1.165, 1.54) is 11.8 Å². The molecule has 2 heterocycles. The fraction of sp³-hybridized carbons (Fsp3) is 0.214. The first kappa shape index (κ1) is 14.9. The quantitative estimate of drug-likeness (QED) is 0.634. The second-order valence-corrected chi connectivity index (χ2v) is 5.60. The summed E-state index contributed by atoms with van der Waals surface area (Å²) in [6.07, 6.45) is 3.55. The van der Waals surface area contributed by atoms with E-state index in [-0.39, 0.29) is 0 Å². The molecule has 0 atom stereocenters. The molecule has 22 heavy (non-hydrogen) atoms. The molecule has 0 unspecified atom stereocenters. The monoisotopic (exact) mass is 336 g/mol. The van der Waals surface area contributed by atoms with Crippen molar-refractivity contribution in [2.24, 2.45) is 5.10 Å². The van der Waals surface area contributed by atoms with Gasteiger partial charge in [0, 0.05) is 7.05 Å². The van der Waals surface area contributed by atoms with Crippen LogP contribution in [-0.2, 0) is 0 Å². The number of hydrogen-bond donors (Lipinski definition) is 0. The molecule has 114 valence electrons. The molecule has 1 aliphatic heterocycles. The van der Waals surface area contributed by atoms with Gasteiger partial charge in [0.1, 0.15) is 5.75 Å². The van der Waals surface area contributed by atoms with E-state index in [0.29, 0.717) is 39.0 Å². The Bertz CT molecular complexity index is 754. The van der Waals surface area contributed by atoms with Crippen molar-refractivity contribution in [3.63, 3.8) is 0 Å². The Labute approximate surface area is 137 Å². The minimum atomic E-state index is 0.374. The van der Waals surface area contributed by atoms with Crippen molar-refractivity contribution in [3.05, 3.63) is 35.0 Å². The van der Waals surface area contributed by atoms with Gasteiger partial charge in [0.25, 0.3) is 0 Å². The molecule has 0 radical (unpaired) electrons. The van der Waals surface area contributed by atoms with Crippen LogP contribution in [-0.4, -0.2) is 36.3 Å². The molecule has 0 saturated heterocycles. The summed E-state index contributed by atoms with van der Waals surface area (Å²) >= 11 is 7.70. The second kappa shape index (κ2) is 6.02. The highest BCUT2D eigenvalue weighted by molar-refractivity contribution is 7.98. The van der Waals surface area contributed by atoms with E-state index in [4.69, 9.17) is 21.1 Å². The Hall–Kier alpha value is -1.99. The number of thioether (sulfide) groups is 1. The molecular formula is C14H13ClN4O2S. The fourth-order valence-corrected chi connectivity index (χ4v) is 2.49. The van der Waals surface area contributed by atoms with Gasteiger partial charge in [0.2, 0.25) is 5.90 Å². The molecule has 2 aromatic rings. The highest BCUT2D eigenvalue weighted by Crippen LogP contribution is 2.33. The first-order chi connectivity index (χ1) is 10.6. The third-order valence-corrected chi connectivity index (χ3v) is 3.95. The van der Waals surface area contributed by atoms with Gasteiger partial charge in [-0.1, -0.05) is 23.4 Å². The van der Waals surface area contributed by atoms with Crippen LogP contribution in [0.25, 0.3) is 0 Å². The number of nitrogens with zero attached hydrogens (tertiary/aromatic N) is 4. The number of benzene rings is 1. The molecule has 0 fully saturated rings. The Balaban J connectivity index is 2.01. The Morgan fingerprint density at radius 3 is 2.91 bits per heavy atom. The summed E-state index contributed by atoms with van der Waals surface area (Å²) in [5.74, 6) is 2.19. The fourth-order valence-electron chi connectivity index (χ4n) is 1.96. The summed E-state index contributed by atoms with van der Waals surface area (Å²) in [6.45, 7) is 0. The zero-order valence-corrected chi connectivity index (χ0v) is 13.8. The number of halogens is 1. The Morgan fingerprint density at radius 1 is 1.36 bits per heavy atom. The number of fused-ring (bicyclic) bond motifs is 1. The maximum absolute atomic E-state index is 6.24. The molecular weight excluding hydrogens is 324 g/mol. The lowest BCUT2D eigenvalue weighted by Gasteiger charge is -2.23. The maximum Gasteiger partial charge on any atom is 0.245 e. The summed E-state index contributed by atoms with van der Waals surface area (Å²) in [6, 6.07) is 5.29. The molecule has 3 rings (SSSR count). The minimum absolute atomic E-state index is 0.374. The van der Waals surface area contributed by atoms with E-state index in [2.05, 4.69) is 15.1 Å². The number of aromatic nitrogens is 2. The van der Waals surface area contributed by atoms with Gasteiger partial charge in [-0.05, 0) is 24.5 Å².